The van der Waals surface area contributed by atoms with Crippen molar-refractivity contribution in [3.05, 3.63) is 154 Å². The van der Waals surface area contributed by atoms with Gasteiger partial charge in [0, 0.05) is 24.2 Å². The minimum atomic E-state index is -1.73. The van der Waals surface area contributed by atoms with Crippen LogP contribution in [0.3, 0.4) is 0 Å². The van der Waals surface area contributed by atoms with E-state index in [1.165, 1.54) is 4.68 Å². The summed E-state index contributed by atoms with van der Waals surface area (Å²) in [4.78, 5) is 28.5. The lowest BCUT2D eigenvalue weighted by molar-refractivity contribution is -0.139. The highest BCUT2D eigenvalue weighted by Crippen LogP contribution is 2.45. The normalized spacial score (nSPS) is 17.3. The molecule has 0 aliphatic carbocycles. The van der Waals surface area contributed by atoms with E-state index in [-0.39, 0.29) is 30.5 Å². The Morgan fingerprint density at radius 3 is 2.42 bits per heavy atom. The summed E-state index contributed by atoms with van der Waals surface area (Å²) in [6.45, 7) is 2.60. The predicted molar refractivity (Wildman–Crippen MR) is 184 cm³/mol. The van der Waals surface area contributed by atoms with Crippen LogP contribution in [0.2, 0.25) is 0 Å². The molecule has 1 aliphatic rings. The van der Waals surface area contributed by atoms with Gasteiger partial charge in [-0.05, 0) is 47.9 Å². The molecule has 48 heavy (non-hydrogen) atoms. The smallest absolute Gasteiger partial charge is 0.279 e. The predicted octanol–water partition coefficient (Wildman–Crippen LogP) is 5.05. The average Bonchev–Trinajstić information content (AvgIpc) is 3.79. The van der Waals surface area contributed by atoms with Gasteiger partial charge in [0.1, 0.15) is 0 Å². The molecule has 0 bridgehead atoms. The fourth-order valence-electron chi connectivity index (χ4n) is 6.52. The molecule has 0 saturated heterocycles. The quantitative estimate of drug-likeness (QED) is 0.170. The molecule has 3 N–H and O–H groups in total. The molecule has 10 nitrogen and oxygen atoms in total. The Balaban J connectivity index is 1.03. The number of aromatic nitrogens is 5. The number of para-hydroxylation sites is 2. The van der Waals surface area contributed by atoms with E-state index in [1.54, 1.807) is 15.6 Å². The lowest BCUT2D eigenvalue weighted by atomic mass is 9.83. The van der Waals surface area contributed by atoms with Crippen molar-refractivity contribution in [1.82, 2.24) is 24.8 Å². The number of rotatable bonds is 11. The molecular weight excluding hydrogens is 604 g/mol. The molecule has 3 atom stereocenters. The Kier molecular flexibility index (Phi) is 8.34. The van der Waals surface area contributed by atoms with Gasteiger partial charge in [-0.1, -0.05) is 97.1 Å². The summed E-state index contributed by atoms with van der Waals surface area (Å²) in [6, 6.07) is 31.9. The third-order valence-electron chi connectivity index (χ3n) is 9.21. The van der Waals surface area contributed by atoms with Crippen molar-refractivity contribution in [2.75, 3.05) is 11.5 Å². The zero-order valence-electron chi connectivity index (χ0n) is 26.5. The number of aliphatic hydroxyl groups is 2. The fraction of sp³-hybridized carbons (Fsp3) is 0.211. The lowest BCUT2D eigenvalue weighted by Crippen LogP contribution is -2.44. The van der Waals surface area contributed by atoms with Gasteiger partial charge in [0.05, 0.1) is 47.0 Å². The van der Waals surface area contributed by atoms with Crippen molar-refractivity contribution in [3.63, 3.8) is 0 Å². The van der Waals surface area contributed by atoms with Gasteiger partial charge in [-0.3, -0.25) is 19.4 Å². The largest absolute Gasteiger partial charge is 0.395 e. The number of hydrogen-bond acceptors (Lipinski definition) is 6. The summed E-state index contributed by atoms with van der Waals surface area (Å²) in [5.74, 6) is -1.13. The first-order valence-electron chi connectivity index (χ1n) is 16.0. The Bertz CT molecular complexity index is 2150. The van der Waals surface area contributed by atoms with Crippen molar-refractivity contribution < 1.29 is 15.0 Å². The maximum atomic E-state index is 14.0. The standard InChI is InChI=1S/C38H36N6O4/c1-26(11-9-10-22-42-24-34(39-41-42)31(25-45)28-12-3-2-4-13-28)38(48)32-15-6-8-17-35(32)43(37(38)47)23-27-18-20-29(21-19-27)44-36(46)30-14-5-7-16-33(30)40-44/h2-9,11-21,24,26,31,40,45,48H,10,22-23,25H2,1H3/b11-9+/t26-,31?,38+/m1/s1. The number of allylic oxidation sites excluding steroid dienone is 1. The number of anilines is 1. The molecule has 10 heteroatoms. The number of carbonyl (C=O) groups excluding carboxylic acids is 1. The first-order chi connectivity index (χ1) is 23.4. The number of aromatic amines is 1. The molecule has 1 amide bonds. The molecular formula is C38H36N6O4. The van der Waals surface area contributed by atoms with E-state index in [0.29, 0.717) is 41.0 Å². The molecule has 242 valence electrons. The average molecular weight is 641 g/mol. The first kappa shape index (κ1) is 31.0. The Morgan fingerprint density at radius 2 is 1.65 bits per heavy atom. The van der Waals surface area contributed by atoms with Crippen LogP contribution in [0, 0.1) is 5.92 Å². The second-order valence-corrected chi connectivity index (χ2v) is 12.2. The second kappa shape index (κ2) is 12.9. The van der Waals surface area contributed by atoms with Crippen LogP contribution >= 0.6 is 0 Å². The van der Waals surface area contributed by atoms with Crippen molar-refractivity contribution in [1.29, 1.82) is 0 Å². The maximum absolute atomic E-state index is 14.0. The van der Waals surface area contributed by atoms with Crippen molar-refractivity contribution in [2.24, 2.45) is 5.92 Å². The van der Waals surface area contributed by atoms with E-state index in [0.717, 1.165) is 16.6 Å². The molecule has 7 rings (SSSR count). The van der Waals surface area contributed by atoms with E-state index in [9.17, 15) is 19.8 Å². The van der Waals surface area contributed by atoms with Gasteiger partial charge in [0.25, 0.3) is 11.5 Å². The monoisotopic (exact) mass is 640 g/mol. The summed E-state index contributed by atoms with van der Waals surface area (Å²) in [5, 5.41) is 34.3. The molecule has 4 aromatic carbocycles. The molecule has 0 spiro atoms. The van der Waals surface area contributed by atoms with Crippen LogP contribution in [-0.2, 0) is 23.5 Å². The SMILES string of the molecule is C[C@H](/C=C/CCn1cc(C(CO)c2ccccc2)nn1)[C@@]1(O)C(=O)N(Cc2ccc(-n3[nH]c4ccccc4c3=O)cc2)c2ccccc21. The highest BCUT2D eigenvalue weighted by atomic mass is 16.3. The highest BCUT2D eigenvalue weighted by Gasteiger charge is 2.52. The van der Waals surface area contributed by atoms with E-state index < -0.39 is 11.5 Å². The Labute approximate surface area is 277 Å². The van der Waals surface area contributed by atoms with E-state index >= 15 is 0 Å². The van der Waals surface area contributed by atoms with Crippen molar-refractivity contribution in [2.45, 2.75) is 38.0 Å². The van der Waals surface area contributed by atoms with E-state index in [1.807, 2.05) is 122 Å². The molecule has 6 aromatic rings. The third-order valence-corrected chi connectivity index (χ3v) is 9.21. The van der Waals surface area contributed by atoms with Gasteiger partial charge in [-0.2, -0.15) is 0 Å². The van der Waals surface area contributed by atoms with Crippen LogP contribution in [0.4, 0.5) is 5.69 Å². The van der Waals surface area contributed by atoms with Gasteiger partial charge >= 0.3 is 0 Å². The maximum Gasteiger partial charge on any atom is 0.279 e. The molecule has 0 radical (unpaired) electrons. The number of amides is 1. The summed E-state index contributed by atoms with van der Waals surface area (Å²) >= 11 is 0. The zero-order chi connectivity index (χ0) is 33.3. The van der Waals surface area contributed by atoms with Gasteiger partial charge in [-0.15, -0.1) is 5.10 Å². The van der Waals surface area contributed by atoms with Crippen LogP contribution in [0.15, 0.2) is 126 Å². The Morgan fingerprint density at radius 1 is 0.917 bits per heavy atom. The number of nitrogens with one attached hydrogen (secondary N) is 1. The summed E-state index contributed by atoms with van der Waals surface area (Å²) in [7, 11) is 0. The van der Waals surface area contributed by atoms with Crippen LogP contribution in [0.25, 0.3) is 16.6 Å². The minimum Gasteiger partial charge on any atom is -0.395 e. The van der Waals surface area contributed by atoms with Gasteiger partial charge in [-0.25, -0.2) is 4.68 Å². The Hall–Kier alpha value is -5.58. The fourth-order valence-corrected chi connectivity index (χ4v) is 6.52. The number of aliphatic hydroxyl groups excluding tert-OH is 1. The summed E-state index contributed by atoms with van der Waals surface area (Å²) in [5.41, 5.74) is 3.38. The highest BCUT2D eigenvalue weighted by molar-refractivity contribution is 6.07. The zero-order valence-corrected chi connectivity index (χ0v) is 26.5. The van der Waals surface area contributed by atoms with Crippen molar-refractivity contribution >= 4 is 22.5 Å². The molecule has 0 fully saturated rings. The number of aryl methyl sites for hydroxylation is 1. The number of H-pyrrole nitrogens is 1. The number of carbonyl (C=O) groups is 1. The molecule has 2 aromatic heterocycles. The lowest BCUT2D eigenvalue weighted by Gasteiger charge is -2.27. The topological polar surface area (TPSA) is 129 Å². The number of fused-ring (bicyclic) bond motifs is 2. The van der Waals surface area contributed by atoms with Crippen molar-refractivity contribution in [3.8, 4) is 5.69 Å². The van der Waals surface area contributed by atoms with Crippen LogP contribution in [0.1, 0.15) is 41.6 Å². The summed E-state index contributed by atoms with van der Waals surface area (Å²) < 4.78 is 3.25. The molecule has 1 unspecified atom stereocenters. The van der Waals surface area contributed by atoms with Gasteiger partial charge in [0.2, 0.25) is 0 Å². The number of benzene rings is 4. The van der Waals surface area contributed by atoms with Gasteiger partial charge in [0.15, 0.2) is 5.60 Å². The molecule has 3 heterocycles. The summed E-state index contributed by atoms with van der Waals surface area (Å²) in [6.07, 6.45) is 6.29. The number of nitrogens with zero attached hydrogens (tertiary/aromatic N) is 5. The van der Waals surface area contributed by atoms with Crippen LogP contribution < -0.4 is 10.5 Å². The van der Waals surface area contributed by atoms with Crippen LogP contribution in [-0.4, -0.2) is 47.5 Å². The van der Waals surface area contributed by atoms with E-state index in [2.05, 4.69) is 15.4 Å². The van der Waals surface area contributed by atoms with E-state index in [4.69, 9.17) is 0 Å². The molecule has 1 aliphatic heterocycles. The molecule has 0 saturated carbocycles. The third kappa shape index (κ3) is 5.55. The van der Waals surface area contributed by atoms with Crippen LogP contribution in [0.5, 0.6) is 0 Å². The van der Waals surface area contributed by atoms with Gasteiger partial charge < -0.3 is 15.1 Å². The first-order valence-corrected chi connectivity index (χ1v) is 16.0. The minimum absolute atomic E-state index is 0.0666. The number of hydrogen-bond donors (Lipinski definition) is 3. The second-order valence-electron chi connectivity index (χ2n) is 12.2.